The van der Waals surface area contributed by atoms with E-state index >= 15 is 0 Å². The second-order valence-electron chi connectivity index (χ2n) is 8.85. The summed E-state index contributed by atoms with van der Waals surface area (Å²) in [7, 11) is 5.77. The second kappa shape index (κ2) is 7.91. The quantitative estimate of drug-likeness (QED) is 0.805. The third kappa shape index (κ3) is 3.76. The summed E-state index contributed by atoms with van der Waals surface area (Å²) in [4.78, 5) is 16.8. The van der Waals surface area contributed by atoms with E-state index in [1.54, 1.807) is 19.2 Å². The van der Waals surface area contributed by atoms with Gasteiger partial charge in [-0.25, -0.2) is 9.18 Å². The van der Waals surface area contributed by atoms with Crippen LogP contribution in [0.15, 0.2) is 48.5 Å². The predicted octanol–water partition coefficient (Wildman–Crippen LogP) is 4.13. The molecular formula is C24H30FN3O2. The van der Waals surface area contributed by atoms with E-state index in [9.17, 15) is 9.18 Å². The fourth-order valence-corrected chi connectivity index (χ4v) is 5.06. The molecule has 2 amide bonds. The lowest BCUT2D eigenvalue weighted by Gasteiger charge is -2.48. The summed E-state index contributed by atoms with van der Waals surface area (Å²) >= 11 is 0. The maximum Gasteiger partial charge on any atom is 0.318 e. The summed E-state index contributed by atoms with van der Waals surface area (Å²) in [6.45, 7) is 1.28. The van der Waals surface area contributed by atoms with Gasteiger partial charge >= 0.3 is 6.03 Å². The van der Waals surface area contributed by atoms with Crippen LogP contribution in [0.5, 0.6) is 5.75 Å². The summed E-state index contributed by atoms with van der Waals surface area (Å²) in [6.07, 6.45) is 3.49. The second-order valence-corrected chi connectivity index (χ2v) is 8.85. The number of carbonyl (C=O) groups is 1. The number of hydrogen-bond acceptors (Lipinski definition) is 3. The minimum Gasteiger partial charge on any atom is -0.497 e. The van der Waals surface area contributed by atoms with Gasteiger partial charge in [0.2, 0.25) is 0 Å². The molecule has 2 aromatic rings. The minimum absolute atomic E-state index is 0.00562. The van der Waals surface area contributed by atoms with Crippen LogP contribution < -0.4 is 10.1 Å². The number of nitrogens with one attached hydrogen (secondary N) is 1. The van der Waals surface area contributed by atoms with Gasteiger partial charge in [-0.15, -0.1) is 0 Å². The van der Waals surface area contributed by atoms with Crippen LogP contribution in [0.1, 0.15) is 36.8 Å². The lowest BCUT2D eigenvalue weighted by Crippen LogP contribution is -2.54. The number of benzene rings is 2. The Balaban J connectivity index is 1.47. The number of methoxy groups -OCH3 is 1. The Bertz CT molecular complexity index is 905. The Morgan fingerprint density at radius 2 is 1.80 bits per heavy atom. The molecule has 160 valence electrons. The molecule has 1 aliphatic heterocycles. The molecule has 1 N–H and O–H groups in total. The number of ether oxygens (including phenoxy) is 1. The number of urea groups is 1. The molecule has 1 spiro atoms. The van der Waals surface area contributed by atoms with Crippen LogP contribution in [0.4, 0.5) is 9.18 Å². The summed E-state index contributed by atoms with van der Waals surface area (Å²) in [5, 5.41) is 3.27. The smallest absolute Gasteiger partial charge is 0.318 e. The van der Waals surface area contributed by atoms with Crippen LogP contribution in [0.25, 0.3) is 0 Å². The van der Waals surface area contributed by atoms with Crippen molar-refractivity contribution >= 4 is 6.03 Å². The van der Waals surface area contributed by atoms with E-state index in [0.29, 0.717) is 13.1 Å². The number of nitrogens with zero attached hydrogens (tertiary/aromatic N) is 2. The van der Waals surface area contributed by atoms with Gasteiger partial charge in [-0.1, -0.05) is 24.3 Å². The fraction of sp³-hybridized carbons (Fsp3) is 0.458. The molecule has 0 aromatic heterocycles. The number of carbonyl (C=O) groups excluding carboxylic acids is 1. The molecule has 1 saturated heterocycles. The molecule has 0 bridgehead atoms. The predicted molar refractivity (Wildman–Crippen MR) is 115 cm³/mol. The summed E-state index contributed by atoms with van der Waals surface area (Å²) in [5.41, 5.74) is 1.68. The summed E-state index contributed by atoms with van der Waals surface area (Å²) < 4.78 is 19.1. The van der Waals surface area contributed by atoms with Crippen LogP contribution in [-0.2, 0) is 12.1 Å². The van der Waals surface area contributed by atoms with E-state index in [4.69, 9.17) is 4.74 Å². The molecule has 30 heavy (non-hydrogen) atoms. The van der Waals surface area contributed by atoms with Gasteiger partial charge in [0.1, 0.15) is 11.6 Å². The highest BCUT2D eigenvalue weighted by Crippen LogP contribution is 2.46. The highest BCUT2D eigenvalue weighted by Gasteiger charge is 2.50. The van der Waals surface area contributed by atoms with Crippen molar-refractivity contribution < 1.29 is 13.9 Å². The minimum atomic E-state index is -0.212. The number of amides is 2. The van der Waals surface area contributed by atoms with E-state index in [1.165, 1.54) is 6.07 Å². The lowest BCUT2D eigenvalue weighted by atomic mass is 9.69. The monoisotopic (exact) mass is 411 g/mol. The highest BCUT2D eigenvalue weighted by atomic mass is 19.1. The first-order valence-corrected chi connectivity index (χ1v) is 10.5. The molecule has 6 heteroatoms. The Morgan fingerprint density at radius 1 is 1.10 bits per heavy atom. The Hall–Kier alpha value is -2.60. The molecule has 0 radical (unpaired) electrons. The van der Waals surface area contributed by atoms with Crippen molar-refractivity contribution in [3.8, 4) is 5.75 Å². The third-order valence-electron chi connectivity index (χ3n) is 6.94. The number of rotatable bonds is 5. The molecule has 2 aliphatic rings. The largest absolute Gasteiger partial charge is 0.497 e. The van der Waals surface area contributed by atoms with Crippen molar-refractivity contribution in [2.45, 2.75) is 43.3 Å². The van der Waals surface area contributed by atoms with Crippen molar-refractivity contribution in [1.29, 1.82) is 0 Å². The molecule has 0 atom stereocenters. The van der Waals surface area contributed by atoms with Gasteiger partial charge in [0.25, 0.3) is 0 Å². The first-order chi connectivity index (χ1) is 14.4. The number of halogens is 1. The lowest BCUT2D eigenvalue weighted by molar-refractivity contribution is 0.0615. The Labute approximate surface area is 177 Å². The van der Waals surface area contributed by atoms with E-state index < -0.39 is 0 Å². The van der Waals surface area contributed by atoms with E-state index in [2.05, 4.69) is 24.3 Å². The molecular weight excluding hydrogens is 381 g/mol. The molecule has 2 fully saturated rings. The van der Waals surface area contributed by atoms with Crippen LogP contribution in [0.2, 0.25) is 0 Å². The van der Waals surface area contributed by atoms with E-state index in [-0.39, 0.29) is 22.9 Å². The van der Waals surface area contributed by atoms with Gasteiger partial charge in [-0.3, -0.25) is 4.90 Å². The van der Waals surface area contributed by atoms with Gasteiger partial charge in [0, 0.05) is 18.6 Å². The molecule has 1 saturated carbocycles. The first kappa shape index (κ1) is 20.7. The van der Waals surface area contributed by atoms with Gasteiger partial charge in [0.15, 0.2) is 0 Å². The zero-order chi connectivity index (χ0) is 21.4. The third-order valence-corrected chi connectivity index (χ3v) is 6.94. The zero-order valence-electron chi connectivity index (χ0n) is 18.0. The highest BCUT2D eigenvalue weighted by molar-refractivity contribution is 5.78. The van der Waals surface area contributed by atoms with Crippen molar-refractivity contribution in [2.24, 2.45) is 0 Å². The maximum absolute atomic E-state index is 13.9. The summed E-state index contributed by atoms with van der Waals surface area (Å²) in [6, 6.07) is 14.8. The van der Waals surface area contributed by atoms with Gasteiger partial charge < -0.3 is 15.0 Å². The van der Waals surface area contributed by atoms with Crippen LogP contribution in [0.3, 0.4) is 0 Å². The van der Waals surface area contributed by atoms with Gasteiger partial charge in [-0.2, -0.15) is 0 Å². The molecule has 1 heterocycles. The average molecular weight is 412 g/mol. The van der Waals surface area contributed by atoms with Crippen LogP contribution in [0, 0.1) is 5.82 Å². The van der Waals surface area contributed by atoms with Crippen LogP contribution in [-0.4, -0.2) is 49.1 Å². The van der Waals surface area contributed by atoms with Crippen molar-refractivity contribution in [3.63, 3.8) is 0 Å². The average Bonchev–Trinajstić information content (AvgIpc) is 3.04. The van der Waals surface area contributed by atoms with Gasteiger partial charge in [0.05, 0.1) is 12.6 Å². The van der Waals surface area contributed by atoms with Gasteiger partial charge in [-0.05, 0) is 75.2 Å². The Kier molecular flexibility index (Phi) is 5.45. The molecule has 5 nitrogen and oxygen atoms in total. The molecule has 4 rings (SSSR count). The van der Waals surface area contributed by atoms with Crippen molar-refractivity contribution in [3.05, 3.63) is 65.5 Å². The van der Waals surface area contributed by atoms with E-state index in [1.807, 2.05) is 35.2 Å². The standard InChI is InChI=1S/C24H30FN3O2/c1-27(2)24(19-5-4-6-20(25)15-19)13-11-23(12-14-24)17-28(22(29)26-23)16-18-7-9-21(30-3)10-8-18/h4-10,15H,11-14,16-17H2,1-3H3,(H,26,29)/t23-,24-. The van der Waals surface area contributed by atoms with Crippen molar-refractivity contribution in [2.75, 3.05) is 27.7 Å². The Morgan fingerprint density at radius 3 is 2.40 bits per heavy atom. The molecule has 1 aliphatic carbocycles. The zero-order valence-corrected chi connectivity index (χ0v) is 18.0. The van der Waals surface area contributed by atoms with E-state index in [0.717, 1.165) is 42.6 Å². The first-order valence-electron chi connectivity index (χ1n) is 10.5. The topological polar surface area (TPSA) is 44.8 Å². The SMILES string of the molecule is COc1ccc(CN2C[C@]3(CC[C@@](c4cccc(F)c4)(N(C)C)CC3)NC2=O)cc1. The van der Waals surface area contributed by atoms with Crippen molar-refractivity contribution in [1.82, 2.24) is 15.1 Å². The van der Waals surface area contributed by atoms with Crippen LogP contribution >= 0.6 is 0 Å². The number of hydrogen-bond donors (Lipinski definition) is 1. The maximum atomic E-state index is 13.9. The molecule has 2 aromatic carbocycles. The fourth-order valence-electron chi connectivity index (χ4n) is 5.06. The normalized spacial score (nSPS) is 26.3. The molecule has 0 unspecified atom stereocenters. The summed E-state index contributed by atoms with van der Waals surface area (Å²) in [5.74, 6) is 0.611.